The first-order valence-electron chi connectivity index (χ1n) is 10.7. The Bertz CT molecular complexity index is 1710. The number of hydrogen-bond donors (Lipinski definition) is 0. The number of furan rings is 1. The highest BCUT2D eigenvalue weighted by atomic mass is 19.4. The smallest absolute Gasteiger partial charge is 0.416 e. The molecule has 5 rings (SSSR count). The molecule has 0 atom stereocenters. The van der Waals surface area contributed by atoms with Gasteiger partial charge in [0.2, 0.25) is 0 Å². The van der Waals surface area contributed by atoms with E-state index in [1.807, 2.05) is 6.07 Å². The molecule has 36 heavy (non-hydrogen) atoms. The van der Waals surface area contributed by atoms with E-state index in [4.69, 9.17) is 9.68 Å². The standard InChI is InChI=1S/C27H15F3N4O2/c28-27(29,30)20-5-3-4-19(14-20)25-33-23-7-2-1-6-22(23)26(35)34(25)32-16-21-12-13-24(36-21)18-10-8-17(15-31)9-11-18/h1-14,16H. The van der Waals surface area contributed by atoms with Crippen molar-refractivity contribution in [2.24, 2.45) is 5.10 Å². The number of hydrogen-bond acceptors (Lipinski definition) is 5. The molecule has 0 bridgehead atoms. The topological polar surface area (TPSA) is 84.2 Å². The predicted octanol–water partition coefficient (Wildman–Crippen LogP) is 6.10. The highest BCUT2D eigenvalue weighted by molar-refractivity contribution is 5.81. The average molecular weight is 484 g/mol. The zero-order chi connectivity index (χ0) is 25.3. The minimum atomic E-state index is -4.56. The molecule has 0 aliphatic rings. The molecule has 0 spiro atoms. The molecule has 0 N–H and O–H groups in total. The molecule has 0 aliphatic carbocycles. The van der Waals surface area contributed by atoms with Crippen LogP contribution in [0, 0.1) is 11.3 Å². The number of rotatable bonds is 4. The Morgan fingerprint density at radius 1 is 0.944 bits per heavy atom. The van der Waals surface area contributed by atoms with E-state index in [1.165, 1.54) is 18.3 Å². The highest BCUT2D eigenvalue weighted by Gasteiger charge is 2.31. The van der Waals surface area contributed by atoms with Crippen molar-refractivity contribution >= 4 is 17.1 Å². The van der Waals surface area contributed by atoms with Gasteiger partial charge in [0.15, 0.2) is 5.82 Å². The summed E-state index contributed by atoms with van der Waals surface area (Å²) in [7, 11) is 0. The van der Waals surface area contributed by atoms with Crippen molar-refractivity contribution in [3.63, 3.8) is 0 Å². The lowest BCUT2D eigenvalue weighted by molar-refractivity contribution is -0.137. The van der Waals surface area contributed by atoms with Crippen LogP contribution in [0.2, 0.25) is 0 Å². The zero-order valence-corrected chi connectivity index (χ0v) is 18.4. The third kappa shape index (κ3) is 4.40. The first-order valence-corrected chi connectivity index (χ1v) is 10.7. The zero-order valence-electron chi connectivity index (χ0n) is 18.4. The number of nitriles is 1. The summed E-state index contributed by atoms with van der Waals surface area (Å²) in [6.07, 6.45) is -3.26. The molecule has 0 unspecified atom stereocenters. The fourth-order valence-electron chi connectivity index (χ4n) is 3.65. The molecule has 0 radical (unpaired) electrons. The highest BCUT2D eigenvalue weighted by Crippen LogP contribution is 2.32. The Balaban J connectivity index is 1.59. The van der Waals surface area contributed by atoms with Gasteiger partial charge in [-0.3, -0.25) is 4.79 Å². The molecule has 6 nitrogen and oxygen atoms in total. The number of alkyl halides is 3. The van der Waals surface area contributed by atoms with Crippen LogP contribution in [0.1, 0.15) is 16.9 Å². The summed E-state index contributed by atoms with van der Waals surface area (Å²) in [6.45, 7) is 0. The number of nitrogens with zero attached hydrogens (tertiary/aromatic N) is 4. The van der Waals surface area contributed by atoms with Crippen LogP contribution in [0.15, 0.2) is 99.2 Å². The van der Waals surface area contributed by atoms with Crippen molar-refractivity contribution in [1.29, 1.82) is 5.26 Å². The number of aromatic nitrogens is 2. The van der Waals surface area contributed by atoms with Gasteiger partial charge in [-0.15, -0.1) is 0 Å². The Hall–Kier alpha value is -4.97. The first kappa shape index (κ1) is 22.8. The van der Waals surface area contributed by atoms with Crippen molar-refractivity contribution in [2.45, 2.75) is 6.18 Å². The maximum absolute atomic E-state index is 13.3. The Morgan fingerprint density at radius 2 is 1.72 bits per heavy atom. The first-order chi connectivity index (χ1) is 17.3. The van der Waals surface area contributed by atoms with Crippen LogP contribution in [-0.4, -0.2) is 15.9 Å². The van der Waals surface area contributed by atoms with Crippen molar-refractivity contribution < 1.29 is 17.6 Å². The monoisotopic (exact) mass is 484 g/mol. The molecule has 0 saturated heterocycles. The van der Waals surface area contributed by atoms with Crippen molar-refractivity contribution in [2.75, 3.05) is 0 Å². The summed E-state index contributed by atoms with van der Waals surface area (Å²) in [5, 5.41) is 13.4. The van der Waals surface area contributed by atoms with Gasteiger partial charge in [0.25, 0.3) is 5.56 Å². The van der Waals surface area contributed by atoms with E-state index < -0.39 is 17.3 Å². The van der Waals surface area contributed by atoms with Gasteiger partial charge in [-0.25, -0.2) is 4.98 Å². The van der Waals surface area contributed by atoms with E-state index in [0.717, 1.165) is 22.4 Å². The Labute approximate surface area is 202 Å². The molecule has 2 heterocycles. The van der Waals surface area contributed by atoms with Crippen LogP contribution >= 0.6 is 0 Å². The number of halogens is 3. The number of para-hydroxylation sites is 1. The molecular weight excluding hydrogens is 469 g/mol. The van der Waals surface area contributed by atoms with Crippen LogP contribution in [0.25, 0.3) is 33.6 Å². The van der Waals surface area contributed by atoms with Gasteiger partial charge >= 0.3 is 6.18 Å². The molecule has 2 aromatic heterocycles. The quantitative estimate of drug-likeness (QED) is 0.289. The lowest BCUT2D eigenvalue weighted by atomic mass is 10.1. The maximum Gasteiger partial charge on any atom is 0.416 e. The van der Waals surface area contributed by atoms with Crippen molar-refractivity contribution in [1.82, 2.24) is 9.66 Å². The molecule has 9 heteroatoms. The van der Waals surface area contributed by atoms with Gasteiger partial charge in [-0.1, -0.05) is 24.3 Å². The predicted molar refractivity (Wildman–Crippen MR) is 128 cm³/mol. The molecule has 5 aromatic rings. The van der Waals surface area contributed by atoms with Gasteiger partial charge < -0.3 is 4.42 Å². The third-order valence-electron chi connectivity index (χ3n) is 5.43. The molecule has 0 fully saturated rings. The second-order valence-corrected chi connectivity index (χ2v) is 7.78. The van der Waals surface area contributed by atoms with Gasteiger partial charge in [-0.2, -0.15) is 28.2 Å². The van der Waals surface area contributed by atoms with Crippen LogP contribution < -0.4 is 5.56 Å². The van der Waals surface area contributed by atoms with Crippen molar-refractivity contribution in [3.8, 4) is 28.8 Å². The fourth-order valence-corrected chi connectivity index (χ4v) is 3.65. The van der Waals surface area contributed by atoms with E-state index in [0.29, 0.717) is 22.6 Å². The Morgan fingerprint density at radius 3 is 2.47 bits per heavy atom. The Kier molecular flexibility index (Phi) is 5.70. The van der Waals surface area contributed by atoms with Crippen LogP contribution in [0.4, 0.5) is 13.2 Å². The van der Waals surface area contributed by atoms with Gasteiger partial charge in [-0.05, 0) is 60.7 Å². The summed E-state index contributed by atoms with van der Waals surface area (Å²) in [6, 6.07) is 23.3. The van der Waals surface area contributed by atoms with E-state index in [-0.39, 0.29) is 16.8 Å². The van der Waals surface area contributed by atoms with E-state index >= 15 is 0 Å². The van der Waals surface area contributed by atoms with E-state index in [2.05, 4.69) is 10.1 Å². The normalized spacial score (nSPS) is 11.7. The summed E-state index contributed by atoms with van der Waals surface area (Å²) in [5.41, 5.74) is 0.268. The van der Waals surface area contributed by atoms with E-state index in [1.54, 1.807) is 60.7 Å². The minimum Gasteiger partial charge on any atom is -0.455 e. The second kappa shape index (κ2) is 9.00. The fraction of sp³-hybridized carbons (Fsp3) is 0.0370. The van der Waals surface area contributed by atoms with E-state index in [9.17, 15) is 18.0 Å². The summed E-state index contributed by atoms with van der Waals surface area (Å²) in [4.78, 5) is 17.7. The molecule has 176 valence electrons. The lowest BCUT2D eigenvalue weighted by Gasteiger charge is -2.11. The number of fused-ring (bicyclic) bond motifs is 1. The molecule has 3 aromatic carbocycles. The average Bonchev–Trinajstić information content (AvgIpc) is 3.37. The molecule has 0 saturated carbocycles. The molecule has 0 aliphatic heterocycles. The largest absolute Gasteiger partial charge is 0.455 e. The summed E-state index contributed by atoms with van der Waals surface area (Å²) < 4.78 is 46.7. The molecule has 0 amide bonds. The van der Waals surface area contributed by atoms with Gasteiger partial charge in [0.05, 0.1) is 34.3 Å². The van der Waals surface area contributed by atoms with Crippen molar-refractivity contribution in [3.05, 3.63) is 112 Å². The van der Waals surface area contributed by atoms with Gasteiger partial charge in [0, 0.05) is 11.1 Å². The lowest BCUT2D eigenvalue weighted by Crippen LogP contribution is -2.20. The summed E-state index contributed by atoms with van der Waals surface area (Å²) >= 11 is 0. The molecular formula is C27H15F3N4O2. The minimum absolute atomic E-state index is 0.0417. The number of benzene rings is 3. The second-order valence-electron chi connectivity index (χ2n) is 7.78. The SMILES string of the molecule is N#Cc1ccc(-c2ccc(C=Nn3c(-c4cccc(C(F)(F)F)c4)nc4ccccc4c3=O)o2)cc1. The third-order valence-corrected chi connectivity index (χ3v) is 5.43. The van der Waals surface area contributed by atoms with Crippen LogP contribution in [0.5, 0.6) is 0 Å². The summed E-state index contributed by atoms with van der Waals surface area (Å²) in [5.74, 6) is 0.785. The van der Waals surface area contributed by atoms with Gasteiger partial charge in [0.1, 0.15) is 11.5 Å². The van der Waals surface area contributed by atoms with Crippen LogP contribution in [-0.2, 0) is 6.18 Å². The van der Waals surface area contributed by atoms with Crippen LogP contribution in [0.3, 0.4) is 0 Å². The maximum atomic E-state index is 13.3.